The number of hydrogen-bond acceptors (Lipinski definition) is 20. The fraction of sp³-hybridized carbons (Fsp3) is 0.548. The van der Waals surface area contributed by atoms with Gasteiger partial charge in [0.15, 0.2) is 11.3 Å². The number of fused-ring (bicyclic) bond motifs is 3. The van der Waals surface area contributed by atoms with Crippen molar-refractivity contribution in [3.8, 4) is 33.8 Å². The summed E-state index contributed by atoms with van der Waals surface area (Å²) in [5.74, 6) is 1.85. The van der Waals surface area contributed by atoms with Gasteiger partial charge < -0.3 is 35.0 Å². The number of nitrogens with one attached hydrogen (secondary N) is 2. The maximum absolute atomic E-state index is 13.9. The van der Waals surface area contributed by atoms with Crippen LogP contribution in [0.1, 0.15) is 91.5 Å². The zero-order valence-corrected chi connectivity index (χ0v) is 67.1. The van der Waals surface area contributed by atoms with Gasteiger partial charge in [-0.25, -0.2) is 59.5 Å². The molecular formula is C73H108FN17O8S3Si2. The molecule has 12 rings (SSSR count). The first-order valence-corrected chi connectivity index (χ1v) is 48.6. The molecule has 8 aromatic heterocycles. The highest BCUT2D eigenvalue weighted by atomic mass is 32.2. The highest BCUT2D eigenvalue weighted by molar-refractivity contribution is 7.89. The van der Waals surface area contributed by atoms with Crippen molar-refractivity contribution in [3.05, 3.63) is 122 Å². The van der Waals surface area contributed by atoms with Gasteiger partial charge in [-0.2, -0.15) is 13.0 Å². The Bertz CT molecular complexity index is 4520. The number of hydrogen-bond donors (Lipinski definition) is 3. The summed E-state index contributed by atoms with van der Waals surface area (Å²) in [4.78, 5) is 40.5. The van der Waals surface area contributed by atoms with E-state index in [2.05, 4.69) is 90.9 Å². The average Bonchev–Trinajstić information content (AvgIpc) is 1.56. The third-order valence-corrected chi connectivity index (χ3v) is 27.8. The quantitative estimate of drug-likeness (QED) is 0.0258. The molecule has 0 radical (unpaired) electrons. The Morgan fingerprint density at radius 2 is 0.952 bits per heavy atom. The summed E-state index contributed by atoms with van der Waals surface area (Å²) in [6.07, 6.45) is 24.0. The number of pyridine rings is 3. The lowest BCUT2D eigenvalue weighted by Gasteiger charge is -2.33. The average molecular weight is 1520 g/mol. The standard InChI is InChI=1S/C26H40N6O3SSi.C21H27N5O2S.C17H21FN4OSi.C9H20N2O2S/c1-20(2)18-36(33,34)32-12-7-8-21(17-32)29-25-22(9-6-11-27-25)24-16-28-23-10-13-31(26(23)30-24)19-35-14-15-37(3,4)5;1-15(2)14-29(27,28)26-11-5-6-16(13-26)24-21-17(7-4-10-22-21)20-12-23-18-8-3-9-19(18)25-20;1-24(2,3)10-9-23-12-22-8-6-14-17(22)21-15(11-20-14)13-5-4-7-19-16(13)18;1-8(2)7-14(12,13)11-5-3-4-9(10)6-11/h6,9-11,13,16,20-21H,7-8,12,14-15,17-19H2,1-5H3,(H,27,29);3-4,7-8,10,12,15-16H,5-6,9,11,13-14H2,1-2H3,(H,22,24);4-8,11H,9-10,12H2,1-3H3;8-9H,3-7,10H2,1-2H3/t21-;16-;;9-/m00.0/s1. The number of halogens is 1. The van der Waals surface area contributed by atoms with Crippen LogP contribution in [0.4, 0.5) is 16.0 Å². The molecule has 104 heavy (non-hydrogen) atoms. The minimum Gasteiger partial charge on any atom is -0.365 e. The molecule has 0 aromatic carbocycles. The molecule has 0 saturated carbocycles. The van der Waals surface area contributed by atoms with Crippen LogP contribution in [0.5, 0.6) is 0 Å². The first-order valence-electron chi connectivity index (χ1n) is 36.3. The fourth-order valence-electron chi connectivity index (χ4n) is 12.4. The van der Waals surface area contributed by atoms with Crippen molar-refractivity contribution >= 4 is 86.3 Å². The number of nitrogens with two attached hydrogens (primary N) is 1. The van der Waals surface area contributed by atoms with Crippen LogP contribution in [0.3, 0.4) is 0 Å². The SMILES string of the molecule is CC(C)CS(=O)(=O)N1CCC[C@H](N)C1.CC(C)CS(=O)(=O)N1CCC[C@H](Nc2ncccc2-c2cnc3c(n2)CC=C3)C1.CC(C)CS(=O)(=O)N1CCC[C@H](Nc2ncccc2-c2cnc3ccn(COCC[Si](C)(C)C)c3n2)C1.C[Si](C)(C)CCOCn1ccc2ncc(-c3cccnc3F)nc21. The number of allylic oxidation sites excluding steroid dienone is 1. The highest BCUT2D eigenvalue weighted by Gasteiger charge is 2.33. The predicted octanol–water partition coefficient (Wildman–Crippen LogP) is 12.0. The molecule has 0 unspecified atom stereocenters. The van der Waals surface area contributed by atoms with Gasteiger partial charge in [0.25, 0.3) is 0 Å². The summed E-state index contributed by atoms with van der Waals surface area (Å²) in [7, 11) is -11.8. The van der Waals surface area contributed by atoms with E-state index in [1.165, 1.54) is 6.20 Å². The minimum atomic E-state index is -3.27. The monoisotopic (exact) mass is 1520 g/mol. The molecule has 0 bridgehead atoms. The third-order valence-electron chi connectivity index (χ3n) is 17.7. The summed E-state index contributed by atoms with van der Waals surface area (Å²) in [6, 6.07) is 17.1. The van der Waals surface area contributed by atoms with Gasteiger partial charge in [0.2, 0.25) is 36.0 Å². The zero-order chi connectivity index (χ0) is 75.0. The summed E-state index contributed by atoms with van der Waals surface area (Å²) in [6.45, 7) is 31.1. The summed E-state index contributed by atoms with van der Waals surface area (Å²) in [5.41, 5.74) is 14.7. The molecule has 566 valence electrons. The Morgan fingerprint density at radius 3 is 1.39 bits per heavy atom. The molecule has 25 nitrogen and oxygen atoms in total. The van der Waals surface area contributed by atoms with Gasteiger partial charge in [0.1, 0.15) is 36.1 Å². The van der Waals surface area contributed by atoms with E-state index in [4.69, 9.17) is 25.2 Å². The van der Waals surface area contributed by atoms with E-state index in [1.807, 2.05) is 106 Å². The number of rotatable bonds is 26. The first kappa shape index (κ1) is 81.2. The Kier molecular flexibility index (Phi) is 28.6. The summed E-state index contributed by atoms with van der Waals surface area (Å²) < 4.78 is 109. The number of sulfonamides is 3. The molecule has 3 atom stereocenters. The molecule has 0 amide bonds. The molecule has 3 saturated heterocycles. The Labute approximate surface area is 617 Å². The summed E-state index contributed by atoms with van der Waals surface area (Å²) >= 11 is 0. The van der Waals surface area contributed by atoms with Gasteiger partial charge in [0, 0.05) is 135 Å². The van der Waals surface area contributed by atoms with Crippen molar-refractivity contribution in [3.63, 3.8) is 0 Å². The van der Waals surface area contributed by atoms with Crippen LogP contribution in [0.15, 0.2) is 104 Å². The van der Waals surface area contributed by atoms with E-state index in [0.29, 0.717) is 81.1 Å². The lowest BCUT2D eigenvalue weighted by molar-refractivity contribution is 0.0898. The lowest BCUT2D eigenvalue weighted by atomic mass is 10.1. The van der Waals surface area contributed by atoms with E-state index in [9.17, 15) is 29.6 Å². The van der Waals surface area contributed by atoms with Gasteiger partial charge in [-0.3, -0.25) is 15.0 Å². The van der Waals surface area contributed by atoms with Gasteiger partial charge >= 0.3 is 0 Å². The molecule has 4 N–H and O–H groups in total. The minimum absolute atomic E-state index is 0.0170. The van der Waals surface area contributed by atoms with Crippen molar-refractivity contribution < 1.29 is 39.1 Å². The fourth-order valence-corrected chi connectivity index (χ4v) is 19.6. The molecule has 11 heterocycles. The second kappa shape index (κ2) is 36.6. The lowest BCUT2D eigenvalue weighted by Crippen LogP contribution is -2.46. The number of anilines is 2. The van der Waals surface area contributed by atoms with Crippen LogP contribution >= 0.6 is 0 Å². The normalized spacial score (nSPS) is 17.9. The number of aromatic nitrogens is 11. The van der Waals surface area contributed by atoms with E-state index < -0.39 is 52.2 Å². The van der Waals surface area contributed by atoms with Crippen molar-refractivity contribution in [2.24, 2.45) is 23.5 Å². The van der Waals surface area contributed by atoms with Crippen molar-refractivity contribution in [2.75, 3.05) is 80.4 Å². The molecule has 4 aliphatic rings. The van der Waals surface area contributed by atoms with E-state index in [-0.39, 0.29) is 53.1 Å². The maximum atomic E-state index is 13.9. The van der Waals surface area contributed by atoms with Gasteiger partial charge in [-0.1, -0.05) is 86.9 Å². The van der Waals surface area contributed by atoms with Crippen molar-refractivity contribution in [1.82, 2.24) is 66.9 Å². The first-order chi connectivity index (χ1) is 49.3. The molecule has 8 aromatic rings. The van der Waals surface area contributed by atoms with Gasteiger partial charge in [0.05, 0.1) is 69.9 Å². The Balaban J connectivity index is 0.000000168. The molecule has 1 aliphatic carbocycles. The van der Waals surface area contributed by atoms with Crippen molar-refractivity contribution in [2.45, 2.75) is 169 Å². The van der Waals surface area contributed by atoms with E-state index in [1.54, 1.807) is 56.0 Å². The topological polar surface area (TPSA) is 307 Å². The molecule has 3 aliphatic heterocycles. The van der Waals surface area contributed by atoms with Crippen LogP contribution in [-0.2, 0) is 59.4 Å². The van der Waals surface area contributed by atoms with Crippen LogP contribution in [0, 0.1) is 23.7 Å². The van der Waals surface area contributed by atoms with Crippen molar-refractivity contribution in [1.29, 1.82) is 0 Å². The zero-order valence-electron chi connectivity index (χ0n) is 62.6. The maximum Gasteiger partial charge on any atom is 0.222 e. The van der Waals surface area contributed by atoms with Gasteiger partial charge in [-0.05, 0) is 123 Å². The van der Waals surface area contributed by atoms with Crippen LogP contribution in [0.25, 0.3) is 62.2 Å². The van der Waals surface area contributed by atoms with Crippen LogP contribution in [0.2, 0.25) is 51.4 Å². The second-order valence-electron chi connectivity index (χ2n) is 31.0. The number of piperidine rings is 3. The smallest absolute Gasteiger partial charge is 0.222 e. The summed E-state index contributed by atoms with van der Waals surface area (Å²) in [5, 5.41) is 6.97. The van der Waals surface area contributed by atoms with Gasteiger partial charge in [-0.15, -0.1) is 0 Å². The predicted molar refractivity (Wildman–Crippen MR) is 419 cm³/mol. The Morgan fingerprint density at radius 1 is 0.538 bits per heavy atom. The van der Waals surface area contributed by atoms with E-state index in [0.717, 1.165) is 121 Å². The largest absolute Gasteiger partial charge is 0.365 e. The molecule has 3 fully saturated rings. The molecule has 31 heteroatoms. The molecular weight excluding hydrogens is 1410 g/mol. The highest BCUT2D eigenvalue weighted by Crippen LogP contribution is 2.31. The van der Waals surface area contributed by atoms with Crippen LogP contribution < -0.4 is 16.4 Å². The molecule has 0 spiro atoms. The number of ether oxygens (including phenoxy) is 2. The second-order valence-corrected chi connectivity index (χ2v) is 48.3. The van der Waals surface area contributed by atoms with E-state index >= 15 is 0 Å². The van der Waals surface area contributed by atoms with Crippen LogP contribution in [-0.4, -0.2) is 196 Å². The third kappa shape index (κ3) is 23.8. The Hall–Kier alpha value is -6.92. The number of nitrogens with zero attached hydrogens (tertiary/aromatic N) is 14.